The highest BCUT2D eigenvalue weighted by Crippen LogP contribution is 2.36. The largest absolute Gasteiger partial charge is 0.459 e. The Labute approximate surface area is 138 Å². The van der Waals surface area contributed by atoms with Crippen LogP contribution < -0.4 is 5.32 Å². The topological polar surface area (TPSA) is 55.4 Å². The molecule has 128 valence electrons. The van der Waals surface area contributed by atoms with E-state index < -0.39 is 23.5 Å². The third-order valence-corrected chi connectivity index (χ3v) is 4.62. The molecule has 1 aromatic rings. The first kappa shape index (κ1) is 16.6. The Morgan fingerprint density at radius 1 is 1.25 bits per heavy atom. The Morgan fingerprint density at radius 2 is 1.96 bits per heavy atom. The van der Waals surface area contributed by atoms with Gasteiger partial charge in [-0.1, -0.05) is 12.1 Å². The van der Waals surface area contributed by atoms with Crippen molar-refractivity contribution in [3.63, 3.8) is 0 Å². The average molecular weight is 335 g/mol. The predicted octanol–water partition coefficient (Wildman–Crippen LogP) is 3.33. The number of halogens is 2. The monoisotopic (exact) mass is 335 g/mol. The highest BCUT2D eigenvalue weighted by Gasteiger charge is 2.36. The molecule has 1 atom stereocenters. The molecule has 0 radical (unpaired) electrons. The van der Waals surface area contributed by atoms with Gasteiger partial charge in [0.1, 0.15) is 6.10 Å². The van der Waals surface area contributed by atoms with Crippen molar-refractivity contribution in [3.05, 3.63) is 46.7 Å². The molecule has 3 rings (SSSR count). The number of nitrogens with one attached hydrogen (secondary N) is 1. The molecule has 24 heavy (non-hydrogen) atoms. The van der Waals surface area contributed by atoms with Crippen LogP contribution in [0.25, 0.3) is 0 Å². The third kappa shape index (κ3) is 3.18. The van der Waals surface area contributed by atoms with Crippen molar-refractivity contribution in [3.8, 4) is 0 Å². The maximum atomic E-state index is 14.2. The predicted molar refractivity (Wildman–Crippen MR) is 82.9 cm³/mol. The molecule has 6 heteroatoms. The van der Waals surface area contributed by atoms with Crippen LogP contribution in [0.3, 0.4) is 0 Å². The summed E-state index contributed by atoms with van der Waals surface area (Å²) in [5.74, 6) is -3.77. The van der Waals surface area contributed by atoms with E-state index in [1.807, 2.05) is 0 Å². The Bertz CT molecular complexity index is 708. The molecule has 0 bridgehead atoms. The number of esters is 1. The number of amides is 1. The fraction of sp³-hybridized carbons (Fsp3) is 0.444. The molecular formula is C18H19F2NO3. The lowest BCUT2D eigenvalue weighted by molar-refractivity contribution is -0.144. The first-order chi connectivity index (χ1) is 11.5. The van der Waals surface area contributed by atoms with Crippen LogP contribution in [-0.2, 0) is 14.3 Å². The van der Waals surface area contributed by atoms with Crippen molar-refractivity contribution in [2.24, 2.45) is 0 Å². The van der Waals surface area contributed by atoms with Crippen molar-refractivity contribution in [1.82, 2.24) is 5.32 Å². The fourth-order valence-corrected chi connectivity index (χ4v) is 3.45. The molecule has 1 aromatic carbocycles. The van der Waals surface area contributed by atoms with Gasteiger partial charge in [-0.25, -0.2) is 13.6 Å². The second-order valence-corrected chi connectivity index (χ2v) is 6.30. The van der Waals surface area contributed by atoms with Crippen molar-refractivity contribution in [2.75, 3.05) is 0 Å². The molecule has 1 fully saturated rings. The number of hydrogen-bond acceptors (Lipinski definition) is 3. The van der Waals surface area contributed by atoms with Gasteiger partial charge in [0.15, 0.2) is 11.6 Å². The number of hydrogen-bond donors (Lipinski definition) is 1. The lowest BCUT2D eigenvalue weighted by atomic mass is 9.84. The first-order valence-electron chi connectivity index (χ1n) is 8.13. The molecule has 1 saturated carbocycles. The Hall–Kier alpha value is -2.24. The molecule has 0 spiro atoms. The summed E-state index contributed by atoms with van der Waals surface area (Å²) in [6.45, 7) is 1.58. The van der Waals surface area contributed by atoms with E-state index in [0.717, 1.165) is 31.7 Å². The van der Waals surface area contributed by atoms with E-state index in [9.17, 15) is 18.4 Å². The van der Waals surface area contributed by atoms with Crippen molar-refractivity contribution in [1.29, 1.82) is 0 Å². The summed E-state index contributed by atoms with van der Waals surface area (Å²) in [6.07, 6.45) is 3.37. The molecule has 1 aliphatic carbocycles. The molecule has 1 aliphatic heterocycles. The number of benzene rings is 1. The third-order valence-electron chi connectivity index (χ3n) is 4.62. The fourth-order valence-electron chi connectivity index (χ4n) is 3.45. The van der Waals surface area contributed by atoms with Gasteiger partial charge in [-0.15, -0.1) is 0 Å². The summed E-state index contributed by atoms with van der Waals surface area (Å²) in [6, 6.07) is 3.78. The molecule has 1 heterocycles. The van der Waals surface area contributed by atoms with E-state index in [-0.39, 0.29) is 29.6 Å². The summed E-state index contributed by atoms with van der Waals surface area (Å²) in [7, 11) is 0. The zero-order chi connectivity index (χ0) is 17.3. The van der Waals surface area contributed by atoms with Gasteiger partial charge in [0.05, 0.1) is 5.57 Å². The van der Waals surface area contributed by atoms with Crippen LogP contribution in [-0.4, -0.2) is 18.0 Å². The van der Waals surface area contributed by atoms with E-state index in [1.165, 1.54) is 12.1 Å². The van der Waals surface area contributed by atoms with Gasteiger partial charge in [0, 0.05) is 18.0 Å². The van der Waals surface area contributed by atoms with Crippen LogP contribution in [0.2, 0.25) is 0 Å². The van der Waals surface area contributed by atoms with Crippen LogP contribution in [0.1, 0.15) is 50.5 Å². The Morgan fingerprint density at radius 3 is 2.67 bits per heavy atom. The number of rotatable bonds is 3. The number of carbonyl (C=O) groups excluding carboxylic acids is 2. The van der Waals surface area contributed by atoms with Crippen molar-refractivity contribution in [2.45, 2.75) is 51.0 Å². The van der Waals surface area contributed by atoms with E-state index in [0.29, 0.717) is 5.70 Å². The molecule has 1 N–H and O–H groups in total. The van der Waals surface area contributed by atoms with Crippen LogP contribution in [0.15, 0.2) is 29.5 Å². The lowest BCUT2D eigenvalue weighted by Gasteiger charge is -2.27. The van der Waals surface area contributed by atoms with Gasteiger partial charge >= 0.3 is 5.97 Å². The molecule has 0 unspecified atom stereocenters. The zero-order valence-electron chi connectivity index (χ0n) is 13.4. The highest BCUT2D eigenvalue weighted by atomic mass is 19.2. The first-order valence-corrected chi connectivity index (χ1v) is 8.13. The van der Waals surface area contributed by atoms with Gasteiger partial charge in [-0.2, -0.15) is 0 Å². The minimum atomic E-state index is -1.03. The molecule has 0 aromatic heterocycles. The molecule has 4 nitrogen and oxygen atoms in total. The maximum absolute atomic E-state index is 14.2. The quantitative estimate of drug-likeness (QED) is 0.862. The Balaban J connectivity index is 1.95. The van der Waals surface area contributed by atoms with E-state index in [2.05, 4.69) is 5.32 Å². The lowest BCUT2D eigenvalue weighted by Crippen LogP contribution is -2.35. The molecule has 2 aliphatic rings. The van der Waals surface area contributed by atoms with Crippen LogP contribution in [0.4, 0.5) is 8.78 Å². The minimum absolute atomic E-state index is 0.00238. The van der Waals surface area contributed by atoms with Gasteiger partial charge in [0.2, 0.25) is 5.91 Å². The van der Waals surface area contributed by atoms with E-state index in [1.54, 1.807) is 6.92 Å². The average Bonchev–Trinajstić information content (AvgIpc) is 3.02. The standard InChI is InChI=1S/C18H19F2NO3/c1-10-16(18(23)24-11-5-2-3-6-11)13(9-15(22)21-10)12-7-4-8-14(19)17(12)20/h4,7-8,11,13H,2-3,5-6,9H2,1H3,(H,21,22)/t13-/m0/s1. The number of carbonyl (C=O) groups is 2. The van der Waals surface area contributed by atoms with Gasteiger partial charge in [-0.3, -0.25) is 4.79 Å². The summed E-state index contributed by atoms with van der Waals surface area (Å²) in [5, 5.41) is 2.59. The van der Waals surface area contributed by atoms with E-state index >= 15 is 0 Å². The van der Waals surface area contributed by atoms with Crippen LogP contribution >= 0.6 is 0 Å². The van der Waals surface area contributed by atoms with Crippen molar-refractivity contribution < 1.29 is 23.1 Å². The van der Waals surface area contributed by atoms with Gasteiger partial charge in [-0.05, 0) is 44.2 Å². The van der Waals surface area contributed by atoms with E-state index in [4.69, 9.17) is 4.74 Å². The summed E-state index contributed by atoms with van der Waals surface area (Å²) in [4.78, 5) is 24.5. The maximum Gasteiger partial charge on any atom is 0.336 e. The second-order valence-electron chi connectivity index (χ2n) is 6.30. The van der Waals surface area contributed by atoms with Gasteiger partial charge < -0.3 is 10.1 Å². The number of ether oxygens (including phenoxy) is 1. The smallest absolute Gasteiger partial charge is 0.336 e. The highest BCUT2D eigenvalue weighted by molar-refractivity contribution is 5.95. The zero-order valence-corrected chi connectivity index (χ0v) is 13.4. The normalized spacial score (nSPS) is 21.8. The number of allylic oxidation sites excluding steroid dienone is 1. The van der Waals surface area contributed by atoms with Gasteiger partial charge in [0.25, 0.3) is 0 Å². The van der Waals surface area contributed by atoms with Crippen LogP contribution in [0, 0.1) is 11.6 Å². The summed E-state index contributed by atoms with van der Waals surface area (Å²) < 4.78 is 33.3. The Kier molecular flexibility index (Phi) is 4.64. The SMILES string of the molecule is CC1=C(C(=O)OC2CCCC2)[C@H](c2cccc(F)c2F)CC(=O)N1. The molecule has 1 amide bonds. The van der Waals surface area contributed by atoms with Crippen molar-refractivity contribution >= 4 is 11.9 Å². The summed E-state index contributed by atoms with van der Waals surface area (Å²) >= 11 is 0. The summed E-state index contributed by atoms with van der Waals surface area (Å²) in [5.41, 5.74) is 0.538. The minimum Gasteiger partial charge on any atom is -0.459 e. The van der Waals surface area contributed by atoms with Crippen LogP contribution in [0.5, 0.6) is 0 Å². The molecule has 0 saturated heterocycles. The molecular weight excluding hydrogens is 316 g/mol. The second kappa shape index (κ2) is 6.71.